The number of hydrogen-bond donors (Lipinski definition) is 2. The van der Waals surface area contributed by atoms with Gasteiger partial charge in [-0.05, 0) is 35.4 Å². The Bertz CT molecular complexity index is 964. The van der Waals surface area contributed by atoms with Crippen molar-refractivity contribution in [3.8, 4) is 0 Å². The van der Waals surface area contributed by atoms with Crippen LogP contribution in [0.3, 0.4) is 0 Å². The third-order valence-electron chi connectivity index (χ3n) is 4.14. The number of carbonyl (C=O) groups excluding carboxylic acids is 1. The van der Waals surface area contributed by atoms with Crippen molar-refractivity contribution in [1.82, 2.24) is 0 Å². The van der Waals surface area contributed by atoms with Crippen molar-refractivity contribution in [1.29, 1.82) is 0 Å². The molecule has 0 aromatic heterocycles. The number of amides is 1. The van der Waals surface area contributed by atoms with E-state index in [9.17, 15) is 14.9 Å². The molecule has 0 saturated carbocycles. The fraction of sp³-hybridized carbons (Fsp3) is 0.105. The Balaban J connectivity index is 1.99. The van der Waals surface area contributed by atoms with E-state index in [0.29, 0.717) is 5.69 Å². The number of nitrogens with one attached hydrogen (secondary N) is 1. The molecule has 0 saturated heterocycles. The summed E-state index contributed by atoms with van der Waals surface area (Å²) in [4.78, 5) is 22.1. The van der Waals surface area contributed by atoms with Crippen molar-refractivity contribution in [2.75, 3.05) is 5.32 Å². The molecule has 3 aromatic carbocycles. The van der Waals surface area contributed by atoms with E-state index < -0.39 is 10.8 Å². The molecule has 25 heavy (non-hydrogen) atoms. The predicted octanol–water partition coefficient (Wildman–Crippen LogP) is 4.02. The lowest BCUT2D eigenvalue weighted by molar-refractivity contribution is -0.384. The van der Waals surface area contributed by atoms with E-state index in [1.807, 2.05) is 49.4 Å². The van der Waals surface area contributed by atoms with Gasteiger partial charge in [-0.3, -0.25) is 14.9 Å². The van der Waals surface area contributed by atoms with Gasteiger partial charge < -0.3 is 11.1 Å². The number of anilines is 1. The van der Waals surface area contributed by atoms with Gasteiger partial charge in [-0.25, -0.2) is 0 Å². The number of nitrogens with two attached hydrogens (primary N) is 1. The van der Waals surface area contributed by atoms with E-state index in [1.54, 1.807) is 0 Å². The number of nitro groups is 1. The molecule has 0 spiro atoms. The Kier molecular flexibility index (Phi) is 4.35. The lowest BCUT2D eigenvalue weighted by atomic mass is 9.99. The van der Waals surface area contributed by atoms with E-state index in [2.05, 4.69) is 5.32 Å². The van der Waals surface area contributed by atoms with E-state index in [0.717, 1.165) is 16.3 Å². The molecule has 6 heteroatoms. The van der Waals surface area contributed by atoms with Crippen molar-refractivity contribution in [2.45, 2.75) is 13.0 Å². The Morgan fingerprint density at radius 2 is 1.84 bits per heavy atom. The smallest absolute Gasteiger partial charge is 0.293 e. The quantitative estimate of drug-likeness (QED) is 0.543. The van der Waals surface area contributed by atoms with Gasteiger partial charge in [-0.2, -0.15) is 0 Å². The summed E-state index contributed by atoms with van der Waals surface area (Å²) < 4.78 is 0. The van der Waals surface area contributed by atoms with E-state index >= 15 is 0 Å². The number of primary amides is 1. The Hall–Kier alpha value is -3.41. The van der Waals surface area contributed by atoms with Crippen molar-refractivity contribution in [3.63, 3.8) is 0 Å². The van der Waals surface area contributed by atoms with E-state index in [-0.39, 0.29) is 17.3 Å². The maximum Gasteiger partial charge on any atom is 0.293 e. The van der Waals surface area contributed by atoms with Crippen LogP contribution in [-0.2, 0) is 0 Å². The second-order valence-electron chi connectivity index (χ2n) is 5.79. The second-order valence-corrected chi connectivity index (χ2v) is 5.79. The maximum absolute atomic E-state index is 11.3. The highest BCUT2D eigenvalue weighted by atomic mass is 16.6. The van der Waals surface area contributed by atoms with Crippen LogP contribution in [0.4, 0.5) is 11.4 Å². The summed E-state index contributed by atoms with van der Waals surface area (Å²) in [6.45, 7) is 1.94. The highest BCUT2D eigenvalue weighted by Crippen LogP contribution is 2.31. The van der Waals surface area contributed by atoms with Gasteiger partial charge in [0.2, 0.25) is 5.91 Å². The zero-order chi connectivity index (χ0) is 18.0. The molecule has 1 atom stereocenters. The van der Waals surface area contributed by atoms with Crippen molar-refractivity contribution in [2.24, 2.45) is 5.73 Å². The normalized spacial score (nSPS) is 11.9. The summed E-state index contributed by atoms with van der Waals surface area (Å²) in [5, 5.41) is 16.7. The van der Waals surface area contributed by atoms with Gasteiger partial charge >= 0.3 is 0 Å². The average molecular weight is 335 g/mol. The molecule has 6 nitrogen and oxygen atoms in total. The Morgan fingerprint density at radius 3 is 2.56 bits per heavy atom. The molecule has 0 bridgehead atoms. The van der Waals surface area contributed by atoms with Crippen LogP contribution < -0.4 is 11.1 Å². The lowest BCUT2D eigenvalue weighted by Crippen LogP contribution is -2.13. The average Bonchev–Trinajstić information content (AvgIpc) is 2.61. The molecule has 1 amide bonds. The third kappa shape index (κ3) is 3.28. The number of carbonyl (C=O) groups is 1. The van der Waals surface area contributed by atoms with Gasteiger partial charge in [0, 0.05) is 17.7 Å². The fourth-order valence-corrected chi connectivity index (χ4v) is 2.90. The highest BCUT2D eigenvalue weighted by Gasteiger charge is 2.19. The molecule has 0 radical (unpaired) electrons. The minimum Gasteiger partial charge on any atom is -0.373 e. The first kappa shape index (κ1) is 16.4. The van der Waals surface area contributed by atoms with Crippen LogP contribution in [0.1, 0.15) is 28.9 Å². The van der Waals surface area contributed by atoms with Gasteiger partial charge in [0.1, 0.15) is 5.69 Å². The van der Waals surface area contributed by atoms with Crippen LogP contribution in [0, 0.1) is 10.1 Å². The van der Waals surface area contributed by atoms with Crippen molar-refractivity contribution < 1.29 is 9.72 Å². The first-order valence-corrected chi connectivity index (χ1v) is 7.80. The lowest BCUT2D eigenvalue weighted by Gasteiger charge is -2.18. The van der Waals surface area contributed by atoms with Gasteiger partial charge in [0.25, 0.3) is 5.69 Å². The Labute approximate surface area is 144 Å². The monoisotopic (exact) mass is 335 g/mol. The molecule has 3 rings (SSSR count). The molecule has 0 heterocycles. The summed E-state index contributed by atoms with van der Waals surface area (Å²) in [6.07, 6.45) is 0. The van der Waals surface area contributed by atoms with Crippen LogP contribution in [0.25, 0.3) is 10.8 Å². The van der Waals surface area contributed by atoms with Gasteiger partial charge in [-0.15, -0.1) is 0 Å². The maximum atomic E-state index is 11.3. The van der Waals surface area contributed by atoms with Crippen LogP contribution in [0.5, 0.6) is 0 Å². The molecule has 3 aromatic rings. The minimum absolute atomic E-state index is 0.107. The molecule has 0 aliphatic rings. The molecule has 3 N–H and O–H groups in total. The molecular formula is C19H17N3O3. The summed E-state index contributed by atoms with van der Waals surface area (Å²) in [5.74, 6) is -0.697. The molecule has 0 unspecified atom stereocenters. The molecular weight excluding hydrogens is 318 g/mol. The van der Waals surface area contributed by atoms with Gasteiger partial charge in [-0.1, -0.05) is 42.5 Å². The first-order chi connectivity index (χ1) is 12.0. The molecule has 0 fully saturated rings. The highest BCUT2D eigenvalue weighted by molar-refractivity contribution is 5.94. The summed E-state index contributed by atoms with van der Waals surface area (Å²) in [7, 11) is 0. The van der Waals surface area contributed by atoms with Gasteiger partial charge in [0.15, 0.2) is 0 Å². The minimum atomic E-state index is -0.697. The number of rotatable bonds is 5. The van der Waals surface area contributed by atoms with Crippen LogP contribution >= 0.6 is 0 Å². The number of fused-ring (bicyclic) bond motifs is 1. The third-order valence-corrected chi connectivity index (χ3v) is 4.14. The standard InChI is InChI=1S/C19H17N3O3/c1-12(15-8-4-6-13-5-2-3-7-16(13)15)21-17-10-9-14(19(20)23)11-18(17)22(24)25/h2-12,21H,1H3,(H2,20,23)/t12-/m1/s1. The van der Waals surface area contributed by atoms with Crippen LogP contribution in [0.15, 0.2) is 60.7 Å². The second kappa shape index (κ2) is 6.60. The molecule has 0 aliphatic heterocycles. The number of nitro benzene ring substituents is 1. The summed E-state index contributed by atoms with van der Waals surface area (Å²) >= 11 is 0. The zero-order valence-corrected chi connectivity index (χ0v) is 13.6. The first-order valence-electron chi connectivity index (χ1n) is 7.80. The van der Waals surface area contributed by atoms with E-state index in [1.165, 1.54) is 18.2 Å². The Morgan fingerprint density at radius 1 is 1.12 bits per heavy atom. The summed E-state index contributed by atoms with van der Waals surface area (Å²) in [5.41, 5.74) is 6.51. The van der Waals surface area contributed by atoms with Crippen LogP contribution in [0.2, 0.25) is 0 Å². The number of nitrogens with zero attached hydrogens (tertiary/aromatic N) is 1. The van der Waals surface area contributed by atoms with E-state index in [4.69, 9.17) is 5.73 Å². The number of benzene rings is 3. The van der Waals surface area contributed by atoms with Gasteiger partial charge in [0.05, 0.1) is 4.92 Å². The van der Waals surface area contributed by atoms with Crippen molar-refractivity contribution >= 4 is 28.1 Å². The topological polar surface area (TPSA) is 98.3 Å². The van der Waals surface area contributed by atoms with Crippen molar-refractivity contribution in [3.05, 3.63) is 81.9 Å². The zero-order valence-electron chi connectivity index (χ0n) is 13.6. The predicted molar refractivity (Wildman–Crippen MR) is 97.6 cm³/mol. The fourth-order valence-electron chi connectivity index (χ4n) is 2.90. The number of hydrogen-bond acceptors (Lipinski definition) is 4. The molecule has 126 valence electrons. The SMILES string of the molecule is C[C@@H](Nc1ccc(C(N)=O)cc1[N+](=O)[O-])c1cccc2ccccc12. The summed E-state index contributed by atoms with van der Waals surface area (Å²) in [6, 6.07) is 18.0. The largest absolute Gasteiger partial charge is 0.373 e. The molecule has 0 aliphatic carbocycles. The van der Waals surface area contributed by atoms with Crippen LogP contribution in [-0.4, -0.2) is 10.8 Å².